The van der Waals surface area contributed by atoms with Crippen LogP contribution in [0.25, 0.3) is 10.8 Å². The van der Waals surface area contributed by atoms with Crippen molar-refractivity contribution in [3.8, 4) is 23.0 Å². The number of allylic oxidation sites excluding steroid dienone is 1. The molecule has 1 atom stereocenters. The highest BCUT2D eigenvalue weighted by molar-refractivity contribution is 8.19. The molecule has 2 aliphatic rings. The van der Waals surface area contributed by atoms with Gasteiger partial charge in [0.25, 0.3) is 0 Å². The first kappa shape index (κ1) is 26.9. The van der Waals surface area contributed by atoms with E-state index in [0.717, 1.165) is 53.2 Å². The van der Waals surface area contributed by atoms with Gasteiger partial charge in [-0.05, 0) is 80.2 Å². The minimum absolute atomic E-state index is 0.0368. The second kappa shape index (κ2) is 12.0. The van der Waals surface area contributed by atoms with Crippen molar-refractivity contribution in [3.05, 3.63) is 70.5 Å². The monoisotopic (exact) mass is 553 g/mol. The highest BCUT2D eigenvalue weighted by Crippen LogP contribution is 2.50. The fourth-order valence-electron chi connectivity index (χ4n) is 4.96. The predicted molar refractivity (Wildman–Crippen MR) is 155 cm³/mol. The van der Waals surface area contributed by atoms with Crippen molar-refractivity contribution < 1.29 is 22.6 Å². The van der Waals surface area contributed by atoms with Crippen LogP contribution in [0.3, 0.4) is 0 Å². The summed E-state index contributed by atoms with van der Waals surface area (Å²) in [6, 6.07) is 17.7. The van der Waals surface area contributed by atoms with Gasteiger partial charge in [0.05, 0.1) is 17.1 Å². The number of fused-ring (bicyclic) bond motifs is 1. The molecule has 6 nitrogen and oxygen atoms in total. The van der Waals surface area contributed by atoms with Gasteiger partial charge >= 0.3 is 0 Å². The van der Waals surface area contributed by atoms with E-state index in [2.05, 4.69) is 4.90 Å². The van der Waals surface area contributed by atoms with Gasteiger partial charge in [0, 0.05) is 22.7 Å². The molecule has 1 fully saturated rings. The van der Waals surface area contributed by atoms with E-state index in [1.54, 1.807) is 14.0 Å². The molecule has 0 bridgehead atoms. The van der Waals surface area contributed by atoms with E-state index in [1.165, 1.54) is 31.0 Å². The number of nitrogens with zero attached hydrogens (tertiary/aromatic N) is 1. The minimum Gasteiger partial charge on any atom is -0.497 e. The zero-order valence-corrected chi connectivity index (χ0v) is 23.7. The third-order valence-corrected chi connectivity index (χ3v) is 10.9. The molecular formula is C30H35NO5S2. The largest absolute Gasteiger partial charge is 0.497 e. The number of methoxy groups -OCH3 is 1. The van der Waals surface area contributed by atoms with E-state index in [0.29, 0.717) is 23.0 Å². The third-order valence-electron chi connectivity index (χ3n) is 7.17. The summed E-state index contributed by atoms with van der Waals surface area (Å²) in [7, 11) is -1.58. The number of sulfone groups is 1. The van der Waals surface area contributed by atoms with Crippen molar-refractivity contribution in [1.82, 2.24) is 4.90 Å². The van der Waals surface area contributed by atoms with E-state index in [1.807, 2.05) is 60.7 Å². The summed E-state index contributed by atoms with van der Waals surface area (Å²) in [5.74, 6) is 3.14. The third kappa shape index (κ3) is 6.14. The Morgan fingerprint density at radius 2 is 1.68 bits per heavy atom. The fourth-order valence-corrected chi connectivity index (χ4v) is 7.86. The lowest BCUT2D eigenvalue weighted by Gasteiger charge is -2.26. The van der Waals surface area contributed by atoms with Crippen LogP contribution in [0.4, 0.5) is 0 Å². The van der Waals surface area contributed by atoms with Gasteiger partial charge in [-0.1, -0.05) is 31.6 Å². The van der Waals surface area contributed by atoms with Crippen molar-refractivity contribution in [1.29, 1.82) is 0 Å². The highest BCUT2D eigenvalue weighted by atomic mass is 32.3. The smallest absolute Gasteiger partial charge is 0.183 e. The Balaban J connectivity index is 1.36. The second-order valence-electron chi connectivity index (χ2n) is 9.66. The Hall–Kier alpha value is -2.68. The van der Waals surface area contributed by atoms with Crippen LogP contribution < -0.4 is 14.2 Å². The van der Waals surface area contributed by atoms with E-state index in [-0.39, 0.29) is 11.0 Å². The normalized spacial score (nSPS) is 18.4. The molecule has 0 aromatic heterocycles. The summed E-state index contributed by atoms with van der Waals surface area (Å²) in [4.78, 5) is 2.46. The maximum absolute atomic E-state index is 12.5. The molecule has 3 aromatic rings. The molecule has 5 rings (SSSR count). The molecule has 0 amide bonds. The lowest BCUT2D eigenvalue weighted by molar-refractivity contribution is 0.183. The van der Waals surface area contributed by atoms with Gasteiger partial charge in [-0.3, -0.25) is 4.90 Å². The zero-order chi connectivity index (χ0) is 26.5. The average Bonchev–Trinajstić information content (AvgIpc) is 3.45. The summed E-state index contributed by atoms with van der Waals surface area (Å²) < 4.78 is 43.4. The second-order valence-corrected chi connectivity index (χ2v) is 13.4. The molecule has 2 aliphatic heterocycles. The Bertz CT molecular complexity index is 1400. The molecule has 0 N–H and O–H groups in total. The van der Waals surface area contributed by atoms with Crippen LogP contribution in [-0.4, -0.2) is 52.4 Å². The molecule has 0 radical (unpaired) electrons. The van der Waals surface area contributed by atoms with E-state index in [9.17, 15) is 8.42 Å². The van der Waals surface area contributed by atoms with Gasteiger partial charge in [0.15, 0.2) is 9.84 Å². The molecule has 2 heterocycles. The molecule has 202 valence electrons. The summed E-state index contributed by atoms with van der Waals surface area (Å²) in [6.45, 7) is 5.63. The lowest BCUT2D eigenvalue weighted by Crippen LogP contribution is -2.33. The number of thioether (sulfide) groups is 1. The molecule has 8 heteroatoms. The Morgan fingerprint density at radius 1 is 0.947 bits per heavy atom. The summed E-state index contributed by atoms with van der Waals surface area (Å²) in [5.41, 5.74) is 0.979. The zero-order valence-electron chi connectivity index (χ0n) is 22.0. The maximum Gasteiger partial charge on any atom is 0.183 e. The van der Waals surface area contributed by atoms with Gasteiger partial charge in [-0.2, -0.15) is 0 Å². The number of rotatable bonds is 10. The molecule has 0 spiro atoms. The molecular weight excluding hydrogens is 518 g/mol. The van der Waals surface area contributed by atoms with Crippen molar-refractivity contribution in [2.75, 3.05) is 39.1 Å². The quantitative estimate of drug-likeness (QED) is 0.269. The predicted octanol–water partition coefficient (Wildman–Crippen LogP) is 6.96. The van der Waals surface area contributed by atoms with Crippen LogP contribution in [0.15, 0.2) is 64.9 Å². The highest BCUT2D eigenvalue weighted by Gasteiger charge is 2.30. The van der Waals surface area contributed by atoms with Crippen LogP contribution >= 0.6 is 11.8 Å². The Labute approximate surface area is 229 Å². The van der Waals surface area contributed by atoms with E-state index < -0.39 is 9.84 Å². The SMILES string of the molecule is CCS(=O)(=O)C1=CCC(c2ccc3cc(OC)ccc3c2Oc2ccc(OCCN3CCCCC3)cc2)S1. The average molecular weight is 554 g/mol. The molecule has 1 unspecified atom stereocenters. The van der Waals surface area contributed by atoms with Crippen LogP contribution in [0.5, 0.6) is 23.0 Å². The van der Waals surface area contributed by atoms with Crippen LogP contribution in [0.2, 0.25) is 0 Å². The summed E-state index contributed by atoms with van der Waals surface area (Å²) in [5, 5.41) is 1.92. The van der Waals surface area contributed by atoms with Gasteiger partial charge in [0.2, 0.25) is 0 Å². The first-order chi connectivity index (χ1) is 18.5. The topological polar surface area (TPSA) is 65.1 Å². The lowest BCUT2D eigenvalue weighted by atomic mass is 10.0. The van der Waals surface area contributed by atoms with Gasteiger partial charge in [-0.15, -0.1) is 11.8 Å². The minimum atomic E-state index is -3.23. The van der Waals surface area contributed by atoms with Gasteiger partial charge in [-0.25, -0.2) is 8.42 Å². The van der Waals surface area contributed by atoms with Crippen molar-refractivity contribution in [3.63, 3.8) is 0 Å². The standard InChI is InChI=1S/C30H35NO5S2/c1-3-38(32,33)29-16-15-28(37-29)27-13-7-22-21-25(34-2)12-14-26(22)30(27)36-24-10-8-23(9-11-24)35-20-19-31-17-5-4-6-18-31/h7-14,16,21,28H,3-6,15,17-20H2,1-2H3. The first-order valence-corrected chi connectivity index (χ1v) is 15.8. The Kier molecular flexibility index (Phi) is 8.51. The fraction of sp³-hybridized carbons (Fsp3) is 0.400. The number of benzene rings is 3. The summed E-state index contributed by atoms with van der Waals surface area (Å²) in [6.07, 6.45) is 6.37. The van der Waals surface area contributed by atoms with Crippen molar-refractivity contribution in [2.45, 2.75) is 37.9 Å². The van der Waals surface area contributed by atoms with Crippen LogP contribution in [0.1, 0.15) is 43.4 Å². The Morgan fingerprint density at radius 3 is 2.42 bits per heavy atom. The molecule has 0 aliphatic carbocycles. The van der Waals surface area contributed by atoms with Crippen molar-refractivity contribution in [2.24, 2.45) is 0 Å². The van der Waals surface area contributed by atoms with Gasteiger partial charge in [0.1, 0.15) is 29.6 Å². The van der Waals surface area contributed by atoms with Crippen LogP contribution in [-0.2, 0) is 9.84 Å². The number of piperidine rings is 1. The number of hydrogen-bond acceptors (Lipinski definition) is 7. The molecule has 3 aromatic carbocycles. The molecule has 0 saturated carbocycles. The number of hydrogen-bond donors (Lipinski definition) is 0. The number of likely N-dealkylation sites (tertiary alicyclic amines) is 1. The molecule has 1 saturated heterocycles. The first-order valence-electron chi connectivity index (χ1n) is 13.3. The van der Waals surface area contributed by atoms with Crippen LogP contribution in [0, 0.1) is 0 Å². The number of ether oxygens (including phenoxy) is 3. The maximum atomic E-state index is 12.5. The van der Waals surface area contributed by atoms with Crippen molar-refractivity contribution >= 4 is 32.4 Å². The van der Waals surface area contributed by atoms with Gasteiger partial charge < -0.3 is 14.2 Å². The molecule has 38 heavy (non-hydrogen) atoms. The van der Waals surface area contributed by atoms with E-state index in [4.69, 9.17) is 14.2 Å². The summed E-state index contributed by atoms with van der Waals surface area (Å²) >= 11 is 1.40. The van der Waals surface area contributed by atoms with E-state index >= 15 is 0 Å².